The first-order valence-corrected chi connectivity index (χ1v) is 19.8. The first kappa shape index (κ1) is 40.0. The third-order valence-corrected chi connectivity index (χ3v) is 10.2. The number of rotatable bonds is 13. The quantitative estimate of drug-likeness (QED) is 0.0735. The Morgan fingerprint density at radius 1 is 0.857 bits per heavy atom. The minimum atomic E-state index is -0.411. The van der Waals surface area contributed by atoms with Crippen molar-refractivity contribution in [1.82, 2.24) is 15.2 Å². The number of carbonyl (C=O) groups excluding carboxylic acids is 2. The number of hydrogen-bond acceptors (Lipinski definition) is 10. The molecule has 0 unspecified atom stereocenters. The molecule has 0 bridgehead atoms. The highest BCUT2D eigenvalue weighted by Gasteiger charge is 2.22. The molecule has 5 N–H and O–H groups in total. The summed E-state index contributed by atoms with van der Waals surface area (Å²) in [6, 6.07) is 23.9. The molecule has 1 fully saturated rings. The maximum atomic E-state index is 13.5. The third kappa shape index (κ3) is 9.76. The third-order valence-electron chi connectivity index (χ3n) is 9.82. The summed E-state index contributed by atoms with van der Waals surface area (Å²) >= 11 is 1.45. The molecule has 3 amide bonds. The highest BCUT2D eigenvalue weighted by atomic mass is 32.2. The van der Waals surface area contributed by atoms with E-state index in [0.29, 0.717) is 63.9 Å². The molecule has 0 spiro atoms. The summed E-state index contributed by atoms with van der Waals surface area (Å²) in [5, 5.41) is 14.0. The molecular weight excluding hydrogens is 727 g/mol. The highest BCUT2D eigenvalue weighted by molar-refractivity contribution is 7.99. The summed E-state index contributed by atoms with van der Waals surface area (Å²) in [5.41, 5.74) is 4.02. The number of nitrogens with zero attached hydrogens (tertiary/aromatic N) is 2. The normalized spacial score (nSPS) is 13.5. The molecule has 1 aliphatic rings. The Bertz CT molecular complexity index is 2180. The molecule has 13 heteroatoms. The summed E-state index contributed by atoms with van der Waals surface area (Å²) in [5.74, 6) is 3.04. The van der Waals surface area contributed by atoms with Crippen molar-refractivity contribution in [3.8, 4) is 23.0 Å². The van der Waals surface area contributed by atoms with Gasteiger partial charge >= 0.3 is 6.03 Å². The smallest absolute Gasteiger partial charge is 0.323 e. The number of amides is 3. The molecular formula is C43H51N7O5S. The van der Waals surface area contributed by atoms with Crippen molar-refractivity contribution in [2.75, 3.05) is 67.8 Å². The average molecular weight is 778 g/mol. The van der Waals surface area contributed by atoms with E-state index in [1.165, 1.54) is 11.9 Å². The van der Waals surface area contributed by atoms with E-state index in [2.05, 4.69) is 63.7 Å². The van der Waals surface area contributed by atoms with Gasteiger partial charge in [0.2, 0.25) is 0 Å². The Morgan fingerprint density at radius 2 is 1.59 bits per heavy atom. The van der Waals surface area contributed by atoms with Crippen LogP contribution in [0.15, 0.2) is 85.1 Å². The van der Waals surface area contributed by atoms with Crippen LogP contribution < -0.4 is 40.2 Å². The number of nitrogens with one attached hydrogen (secondary N) is 5. The van der Waals surface area contributed by atoms with Gasteiger partial charge in [-0.2, -0.15) is 0 Å². The van der Waals surface area contributed by atoms with E-state index in [0.717, 1.165) is 48.0 Å². The number of aromatic nitrogens is 1. The second-order valence-corrected chi connectivity index (χ2v) is 15.5. The van der Waals surface area contributed by atoms with E-state index in [1.807, 2.05) is 60.9 Å². The van der Waals surface area contributed by atoms with Crippen LogP contribution in [0.25, 0.3) is 10.8 Å². The molecule has 0 saturated carbocycles. The summed E-state index contributed by atoms with van der Waals surface area (Å²) in [6.07, 6.45) is 5.74. The van der Waals surface area contributed by atoms with Gasteiger partial charge in [-0.1, -0.05) is 57.0 Å². The van der Waals surface area contributed by atoms with Crippen molar-refractivity contribution < 1.29 is 23.8 Å². The summed E-state index contributed by atoms with van der Waals surface area (Å²) in [4.78, 5) is 33.4. The highest BCUT2D eigenvalue weighted by Crippen LogP contribution is 2.40. The van der Waals surface area contributed by atoms with E-state index < -0.39 is 6.03 Å². The number of hydrogen-bond donors (Lipinski definition) is 5. The Balaban J connectivity index is 1.15. The maximum absolute atomic E-state index is 13.5. The van der Waals surface area contributed by atoms with Gasteiger partial charge in [-0.25, -0.2) is 9.78 Å². The zero-order valence-electron chi connectivity index (χ0n) is 33.0. The maximum Gasteiger partial charge on any atom is 0.323 e. The van der Waals surface area contributed by atoms with Crippen molar-refractivity contribution in [3.05, 3.63) is 96.2 Å². The van der Waals surface area contributed by atoms with Gasteiger partial charge < -0.3 is 45.1 Å². The van der Waals surface area contributed by atoms with Crippen molar-refractivity contribution in [1.29, 1.82) is 0 Å². The molecule has 6 rings (SSSR count). The fraction of sp³-hybridized carbons (Fsp3) is 0.326. The first-order chi connectivity index (χ1) is 26.9. The molecule has 0 aliphatic carbocycles. The minimum Gasteiger partial charge on any atom is -0.496 e. The molecule has 0 atom stereocenters. The fourth-order valence-corrected chi connectivity index (χ4v) is 7.05. The van der Waals surface area contributed by atoms with Crippen molar-refractivity contribution in [2.45, 2.75) is 39.0 Å². The van der Waals surface area contributed by atoms with E-state index in [9.17, 15) is 9.59 Å². The minimum absolute atomic E-state index is 0.154. The van der Waals surface area contributed by atoms with Gasteiger partial charge in [0.1, 0.15) is 23.1 Å². The molecule has 1 aliphatic heterocycles. The van der Waals surface area contributed by atoms with E-state index in [-0.39, 0.29) is 11.3 Å². The molecule has 56 heavy (non-hydrogen) atoms. The van der Waals surface area contributed by atoms with E-state index >= 15 is 0 Å². The average Bonchev–Trinajstić information content (AvgIpc) is 3.18. The Morgan fingerprint density at radius 3 is 2.30 bits per heavy atom. The topological polar surface area (TPSA) is 138 Å². The Hall–Kier alpha value is -5.66. The number of urea groups is 1. The van der Waals surface area contributed by atoms with Crippen LogP contribution in [0.2, 0.25) is 0 Å². The zero-order valence-corrected chi connectivity index (χ0v) is 33.9. The lowest BCUT2D eigenvalue weighted by molar-refractivity contribution is 0.0936. The number of anilines is 5. The molecule has 12 nitrogen and oxygen atoms in total. The van der Waals surface area contributed by atoms with Gasteiger partial charge in [-0.05, 0) is 92.3 Å². The van der Waals surface area contributed by atoms with Crippen LogP contribution in [-0.4, -0.2) is 69.0 Å². The van der Waals surface area contributed by atoms with Gasteiger partial charge in [0.25, 0.3) is 5.91 Å². The van der Waals surface area contributed by atoms with Crippen LogP contribution in [0.3, 0.4) is 0 Å². The van der Waals surface area contributed by atoms with E-state index in [4.69, 9.17) is 14.2 Å². The Kier molecular flexibility index (Phi) is 12.8. The molecule has 0 radical (unpaired) electrons. The lowest BCUT2D eigenvalue weighted by atomic mass is 9.86. The molecule has 5 aromatic rings. The van der Waals surface area contributed by atoms with Crippen molar-refractivity contribution in [3.63, 3.8) is 0 Å². The number of carbonyl (C=O) groups is 2. The van der Waals surface area contributed by atoms with Gasteiger partial charge in [-0.3, -0.25) is 4.79 Å². The number of methoxy groups -OCH3 is 2. The largest absolute Gasteiger partial charge is 0.496 e. The van der Waals surface area contributed by atoms with Gasteiger partial charge in [-0.15, -0.1) is 0 Å². The van der Waals surface area contributed by atoms with Gasteiger partial charge in [0, 0.05) is 47.6 Å². The van der Waals surface area contributed by atoms with Gasteiger partial charge in [0.05, 0.1) is 36.8 Å². The number of fused-ring (bicyclic) bond motifs is 1. The standard InChI is InChI=1S/C43H51N7O5S/c1-43(2,3)28-22-35(40(54-6)36(23-28)49-56-7)48-42(52)47-34-14-15-37(32-11-9-8-10-31(32)34)55-30-16-19-44-39(25-30)46-29-12-13-33(38(24-29)53-5)41(51)45-26-27-17-20-50(4)21-18-27/h8-16,19,22-25,27,49H,17-18,20-21,26H2,1-7H3,(H,44,46)(H,45,51)(H2,47,48,52). The van der Waals surface area contributed by atoms with E-state index in [1.54, 1.807) is 44.7 Å². The molecule has 294 valence electrons. The first-order valence-electron chi connectivity index (χ1n) is 18.6. The lowest BCUT2D eigenvalue weighted by Gasteiger charge is -2.29. The van der Waals surface area contributed by atoms with Crippen LogP contribution in [0.4, 0.5) is 33.4 Å². The van der Waals surface area contributed by atoms with Crippen LogP contribution in [0.5, 0.6) is 23.0 Å². The second-order valence-electron chi connectivity index (χ2n) is 14.9. The lowest BCUT2D eigenvalue weighted by Crippen LogP contribution is -2.36. The van der Waals surface area contributed by atoms with Crippen molar-refractivity contribution >= 4 is 63.2 Å². The summed E-state index contributed by atoms with van der Waals surface area (Å²) in [6.45, 7) is 9.11. The number of ether oxygens (including phenoxy) is 3. The molecule has 1 aromatic heterocycles. The molecule has 4 aromatic carbocycles. The number of pyridine rings is 1. The van der Waals surface area contributed by atoms with Crippen LogP contribution in [0.1, 0.15) is 49.5 Å². The predicted molar refractivity (Wildman–Crippen MR) is 229 cm³/mol. The van der Waals surface area contributed by atoms with Gasteiger partial charge in [0.15, 0.2) is 5.75 Å². The van der Waals surface area contributed by atoms with Crippen LogP contribution >= 0.6 is 11.9 Å². The molecule has 1 saturated heterocycles. The number of likely N-dealkylation sites (tertiary alicyclic amines) is 1. The SMILES string of the molecule is COc1cc(Nc2cc(Oc3ccc(NC(=O)Nc4cc(C(C)(C)C)cc(NSC)c4OC)c4ccccc34)ccn2)ccc1C(=O)NCC1CCN(C)CC1. The second kappa shape index (κ2) is 17.9. The number of benzene rings is 4. The summed E-state index contributed by atoms with van der Waals surface area (Å²) < 4.78 is 21.0. The zero-order chi connectivity index (χ0) is 39.8. The number of piperidine rings is 1. The summed E-state index contributed by atoms with van der Waals surface area (Å²) in [7, 11) is 5.27. The van der Waals surface area contributed by atoms with Crippen molar-refractivity contribution in [2.24, 2.45) is 5.92 Å². The Labute approximate surface area is 333 Å². The predicted octanol–water partition coefficient (Wildman–Crippen LogP) is 9.49. The monoisotopic (exact) mass is 777 g/mol. The molecule has 2 heterocycles. The fourth-order valence-electron chi connectivity index (χ4n) is 6.68. The van der Waals surface area contributed by atoms with Crippen LogP contribution in [-0.2, 0) is 5.41 Å². The van der Waals surface area contributed by atoms with Crippen LogP contribution in [0, 0.1) is 5.92 Å².